The van der Waals surface area contributed by atoms with Crippen molar-refractivity contribution >= 4 is 23.2 Å². The van der Waals surface area contributed by atoms with Crippen LogP contribution in [0.15, 0.2) is 0 Å². The van der Waals surface area contributed by atoms with Crippen LogP contribution in [0.1, 0.15) is 6.42 Å². The van der Waals surface area contributed by atoms with Crippen molar-refractivity contribution in [2.75, 3.05) is 44.6 Å². The molecule has 1 rings (SSSR count). The van der Waals surface area contributed by atoms with E-state index in [2.05, 4.69) is 4.90 Å². The Morgan fingerprint density at radius 3 is 2.31 bits per heavy atom. The van der Waals surface area contributed by atoms with Crippen molar-refractivity contribution in [1.82, 2.24) is 4.90 Å². The van der Waals surface area contributed by atoms with E-state index in [1.807, 2.05) is 0 Å². The lowest BCUT2D eigenvalue weighted by Crippen LogP contribution is -2.37. The van der Waals surface area contributed by atoms with Crippen LogP contribution in [-0.2, 0) is 4.74 Å². The molecule has 0 N–H and O–H groups in total. The van der Waals surface area contributed by atoms with Crippen LogP contribution in [0.5, 0.6) is 0 Å². The summed E-state index contributed by atoms with van der Waals surface area (Å²) in [5.41, 5.74) is 0. The third-order valence-electron chi connectivity index (χ3n) is 2.39. The summed E-state index contributed by atoms with van der Waals surface area (Å²) in [6.07, 6.45) is 1.10. The summed E-state index contributed by atoms with van der Waals surface area (Å²) in [6, 6.07) is 0. The van der Waals surface area contributed by atoms with Crippen LogP contribution in [0, 0.1) is 5.92 Å². The molecular weight excluding hydrogens is 209 g/mol. The van der Waals surface area contributed by atoms with Gasteiger partial charge in [0.1, 0.15) is 0 Å². The molecule has 1 fully saturated rings. The summed E-state index contributed by atoms with van der Waals surface area (Å²) in [6.45, 7) is 4.95. The molecule has 0 aromatic carbocycles. The monoisotopic (exact) mass is 225 g/mol. The normalized spacial score (nSPS) is 19.6. The molecule has 0 amide bonds. The molecule has 0 bridgehead atoms. The Morgan fingerprint density at radius 1 is 1.15 bits per heavy atom. The Hall–Kier alpha value is 0.500. The van der Waals surface area contributed by atoms with Gasteiger partial charge in [-0.3, -0.25) is 4.90 Å². The lowest BCUT2D eigenvalue weighted by molar-refractivity contribution is 0.0361. The van der Waals surface area contributed by atoms with Crippen LogP contribution >= 0.6 is 23.2 Å². The maximum absolute atomic E-state index is 5.76. The highest BCUT2D eigenvalue weighted by Gasteiger charge is 2.12. The van der Waals surface area contributed by atoms with Crippen molar-refractivity contribution in [1.29, 1.82) is 0 Å². The third kappa shape index (κ3) is 4.50. The van der Waals surface area contributed by atoms with Crippen molar-refractivity contribution < 1.29 is 4.74 Å². The van der Waals surface area contributed by atoms with E-state index in [-0.39, 0.29) is 0 Å². The number of nitrogens with zero attached hydrogens (tertiary/aromatic N) is 1. The number of hydrogen-bond acceptors (Lipinski definition) is 2. The minimum Gasteiger partial charge on any atom is -0.379 e. The van der Waals surface area contributed by atoms with Crippen LogP contribution in [0.2, 0.25) is 0 Å². The van der Waals surface area contributed by atoms with E-state index in [0.717, 1.165) is 39.3 Å². The Labute approximate surface area is 90.1 Å². The molecule has 1 heterocycles. The molecule has 4 heteroatoms. The highest BCUT2D eigenvalue weighted by Crippen LogP contribution is 2.09. The first-order chi connectivity index (χ1) is 6.36. The number of ether oxygens (including phenoxy) is 1. The molecule has 1 aliphatic rings. The summed E-state index contributed by atoms with van der Waals surface area (Å²) >= 11 is 11.5. The zero-order chi connectivity index (χ0) is 9.52. The second-order valence-electron chi connectivity index (χ2n) is 3.42. The van der Waals surface area contributed by atoms with Gasteiger partial charge in [-0.15, -0.1) is 23.2 Å². The van der Waals surface area contributed by atoms with Gasteiger partial charge in [-0.25, -0.2) is 0 Å². The first-order valence-electron chi connectivity index (χ1n) is 4.79. The van der Waals surface area contributed by atoms with Gasteiger partial charge >= 0.3 is 0 Å². The van der Waals surface area contributed by atoms with E-state index in [0.29, 0.717) is 17.7 Å². The van der Waals surface area contributed by atoms with Crippen LogP contribution in [0.25, 0.3) is 0 Å². The van der Waals surface area contributed by atoms with Crippen molar-refractivity contribution in [3.63, 3.8) is 0 Å². The fraction of sp³-hybridized carbons (Fsp3) is 1.00. The highest BCUT2D eigenvalue weighted by molar-refractivity contribution is 6.20. The fourth-order valence-corrected chi connectivity index (χ4v) is 2.02. The van der Waals surface area contributed by atoms with Gasteiger partial charge in [0.05, 0.1) is 13.2 Å². The molecular formula is C9H17Cl2NO. The molecule has 0 unspecified atom stereocenters. The zero-order valence-electron chi connectivity index (χ0n) is 7.85. The summed E-state index contributed by atoms with van der Waals surface area (Å²) < 4.78 is 5.27. The van der Waals surface area contributed by atoms with Crippen molar-refractivity contribution in [2.45, 2.75) is 6.42 Å². The molecule has 0 aliphatic carbocycles. The van der Waals surface area contributed by atoms with E-state index in [1.165, 1.54) is 0 Å². The van der Waals surface area contributed by atoms with Crippen LogP contribution in [-0.4, -0.2) is 49.5 Å². The van der Waals surface area contributed by atoms with Gasteiger partial charge in [-0.05, 0) is 18.9 Å². The number of halogens is 2. The van der Waals surface area contributed by atoms with Gasteiger partial charge in [-0.2, -0.15) is 0 Å². The molecule has 0 saturated carbocycles. The average molecular weight is 226 g/mol. The van der Waals surface area contributed by atoms with Gasteiger partial charge < -0.3 is 4.74 Å². The smallest absolute Gasteiger partial charge is 0.0594 e. The molecule has 1 saturated heterocycles. The van der Waals surface area contributed by atoms with Gasteiger partial charge in [0.25, 0.3) is 0 Å². The Kier molecular flexibility index (Phi) is 6.13. The number of hydrogen-bond donors (Lipinski definition) is 0. The maximum Gasteiger partial charge on any atom is 0.0594 e. The van der Waals surface area contributed by atoms with Crippen LogP contribution < -0.4 is 0 Å². The summed E-state index contributed by atoms with van der Waals surface area (Å²) in [5.74, 6) is 1.81. The quantitative estimate of drug-likeness (QED) is 0.663. The standard InChI is InChI=1S/C9H17Cl2NO/c10-7-9(8-11)1-2-12-3-5-13-6-4-12/h9H,1-8H2. The summed E-state index contributed by atoms with van der Waals surface area (Å²) in [4.78, 5) is 2.41. The number of rotatable bonds is 5. The van der Waals surface area contributed by atoms with Crippen molar-refractivity contribution in [3.8, 4) is 0 Å². The molecule has 1 aliphatic heterocycles. The Morgan fingerprint density at radius 2 is 1.77 bits per heavy atom. The Bertz CT molecular complexity index is 125. The Balaban J connectivity index is 2.09. The number of morpholine rings is 1. The molecule has 0 spiro atoms. The van der Waals surface area contributed by atoms with E-state index < -0.39 is 0 Å². The minimum absolute atomic E-state index is 0.464. The van der Waals surface area contributed by atoms with Gasteiger partial charge in [0.2, 0.25) is 0 Å². The first kappa shape index (κ1) is 11.6. The molecule has 13 heavy (non-hydrogen) atoms. The molecule has 0 radical (unpaired) electrons. The van der Waals surface area contributed by atoms with E-state index in [4.69, 9.17) is 27.9 Å². The highest BCUT2D eigenvalue weighted by atomic mass is 35.5. The van der Waals surface area contributed by atoms with E-state index >= 15 is 0 Å². The molecule has 0 aromatic rings. The van der Waals surface area contributed by atoms with E-state index in [9.17, 15) is 0 Å². The summed E-state index contributed by atoms with van der Waals surface area (Å²) in [7, 11) is 0. The number of alkyl halides is 2. The van der Waals surface area contributed by atoms with Gasteiger partial charge in [0.15, 0.2) is 0 Å². The van der Waals surface area contributed by atoms with Crippen molar-refractivity contribution in [2.24, 2.45) is 5.92 Å². The average Bonchev–Trinajstić information content (AvgIpc) is 2.21. The lowest BCUT2D eigenvalue weighted by Gasteiger charge is -2.27. The SMILES string of the molecule is ClCC(CCl)CCN1CCOCC1. The van der Waals surface area contributed by atoms with Crippen LogP contribution in [0.3, 0.4) is 0 Å². The molecule has 2 nitrogen and oxygen atoms in total. The second kappa shape index (κ2) is 6.88. The minimum atomic E-state index is 0.464. The predicted octanol–water partition coefficient (Wildman–Crippen LogP) is 1.80. The topological polar surface area (TPSA) is 12.5 Å². The molecule has 78 valence electrons. The largest absolute Gasteiger partial charge is 0.379 e. The van der Waals surface area contributed by atoms with Crippen LogP contribution in [0.4, 0.5) is 0 Å². The van der Waals surface area contributed by atoms with Gasteiger partial charge in [0, 0.05) is 24.8 Å². The fourth-order valence-electron chi connectivity index (χ4n) is 1.39. The maximum atomic E-state index is 5.76. The lowest BCUT2D eigenvalue weighted by atomic mass is 10.1. The van der Waals surface area contributed by atoms with Crippen molar-refractivity contribution in [3.05, 3.63) is 0 Å². The van der Waals surface area contributed by atoms with E-state index in [1.54, 1.807) is 0 Å². The molecule has 0 atom stereocenters. The molecule has 0 aromatic heterocycles. The third-order valence-corrected chi connectivity index (χ3v) is 3.27. The second-order valence-corrected chi connectivity index (χ2v) is 4.03. The summed E-state index contributed by atoms with van der Waals surface area (Å²) in [5, 5.41) is 0. The van der Waals surface area contributed by atoms with Gasteiger partial charge in [-0.1, -0.05) is 0 Å². The zero-order valence-corrected chi connectivity index (χ0v) is 9.36. The predicted molar refractivity (Wildman–Crippen MR) is 56.8 cm³/mol. The first-order valence-corrected chi connectivity index (χ1v) is 5.85.